The van der Waals surface area contributed by atoms with Gasteiger partial charge in [0.15, 0.2) is 6.29 Å². The molecule has 0 aliphatic rings. The van der Waals surface area contributed by atoms with Crippen LogP contribution in [0.1, 0.15) is 16.8 Å². The highest BCUT2D eigenvalue weighted by Crippen LogP contribution is 2.24. The predicted octanol–water partition coefficient (Wildman–Crippen LogP) is 2.48. The second kappa shape index (κ2) is 6.51. The highest BCUT2D eigenvalue weighted by Gasteiger charge is 2.06. The lowest BCUT2D eigenvalue weighted by Crippen LogP contribution is -2.15. The van der Waals surface area contributed by atoms with Gasteiger partial charge in [-0.3, -0.25) is 4.79 Å². The Labute approximate surface area is 101 Å². The third kappa shape index (κ3) is 3.83. The molecular formula is C12H16ClNO2. The van der Waals surface area contributed by atoms with Gasteiger partial charge in [0.1, 0.15) is 5.75 Å². The maximum absolute atomic E-state index is 10.8. The lowest BCUT2D eigenvalue weighted by molar-refractivity contribution is 0.111. The van der Waals surface area contributed by atoms with Crippen molar-refractivity contribution in [2.45, 2.75) is 6.42 Å². The number of rotatable bonds is 6. The van der Waals surface area contributed by atoms with Crippen LogP contribution in [0, 0.1) is 0 Å². The Kier molecular flexibility index (Phi) is 5.29. The fourth-order valence-electron chi connectivity index (χ4n) is 1.32. The summed E-state index contributed by atoms with van der Waals surface area (Å²) in [4.78, 5) is 12.9. The number of benzene rings is 1. The third-order valence-electron chi connectivity index (χ3n) is 2.14. The number of carbonyl (C=O) groups is 1. The molecule has 0 N–H and O–H groups in total. The van der Waals surface area contributed by atoms with Crippen LogP contribution in [0.25, 0.3) is 0 Å². The average molecular weight is 242 g/mol. The molecule has 0 saturated carbocycles. The molecule has 1 rings (SSSR count). The van der Waals surface area contributed by atoms with E-state index in [1.807, 2.05) is 14.1 Å². The lowest BCUT2D eigenvalue weighted by atomic mass is 10.2. The van der Waals surface area contributed by atoms with Gasteiger partial charge in [0, 0.05) is 6.54 Å². The third-order valence-corrected chi connectivity index (χ3v) is 2.47. The van der Waals surface area contributed by atoms with Crippen LogP contribution in [0.2, 0.25) is 5.02 Å². The van der Waals surface area contributed by atoms with E-state index in [0.29, 0.717) is 22.9 Å². The van der Waals surface area contributed by atoms with Crippen molar-refractivity contribution in [1.82, 2.24) is 4.90 Å². The summed E-state index contributed by atoms with van der Waals surface area (Å²) < 4.78 is 5.52. The molecule has 0 aromatic heterocycles. The van der Waals surface area contributed by atoms with Gasteiger partial charge in [-0.05, 0) is 32.6 Å². The minimum Gasteiger partial charge on any atom is -0.493 e. The molecule has 4 heteroatoms. The van der Waals surface area contributed by atoms with Crippen LogP contribution in [-0.2, 0) is 0 Å². The van der Waals surface area contributed by atoms with E-state index in [1.54, 1.807) is 18.2 Å². The highest BCUT2D eigenvalue weighted by molar-refractivity contribution is 6.33. The summed E-state index contributed by atoms with van der Waals surface area (Å²) in [6.45, 7) is 1.54. The molecule has 0 spiro atoms. The van der Waals surface area contributed by atoms with E-state index in [-0.39, 0.29) is 0 Å². The molecule has 0 unspecified atom stereocenters. The van der Waals surface area contributed by atoms with Gasteiger partial charge in [0.25, 0.3) is 0 Å². The number of ether oxygens (including phenoxy) is 1. The molecule has 0 heterocycles. The van der Waals surface area contributed by atoms with Gasteiger partial charge in [-0.25, -0.2) is 0 Å². The summed E-state index contributed by atoms with van der Waals surface area (Å²) in [6, 6.07) is 5.21. The number of aldehydes is 1. The van der Waals surface area contributed by atoms with Gasteiger partial charge in [-0.15, -0.1) is 0 Å². The standard InChI is InChI=1S/C12H16ClNO2/c1-14(2)7-4-8-16-12-6-3-5-11(13)10(12)9-15/h3,5-6,9H,4,7-8H2,1-2H3. The van der Waals surface area contributed by atoms with Crippen LogP contribution in [0.4, 0.5) is 0 Å². The Bertz CT molecular complexity index is 353. The van der Waals surface area contributed by atoms with Crippen LogP contribution < -0.4 is 4.74 Å². The molecule has 0 fully saturated rings. The van der Waals surface area contributed by atoms with E-state index < -0.39 is 0 Å². The average Bonchev–Trinajstić information content (AvgIpc) is 2.24. The number of nitrogens with zero attached hydrogens (tertiary/aromatic N) is 1. The van der Waals surface area contributed by atoms with Crippen LogP contribution in [0.5, 0.6) is 5.75 Å². The molecule has 0 bridgehead atoms. The van der Waals surface area contributed by atoms with Crippen molar-refractivity contribution in [1.29, 1.82) is 0 Å². The van der Waals surface area contributed by atoms with E-state index >= 15 is 0 Å². The zero-order chi connectivity index (χ0) is 12.0. The Balaban J connectivity index is 2.53. The molecule has 1 aromatic carbocycles. The van der Waals surface area contributed by atoms with Gasteiger partial charge in [-0.2, -0.15) is 0 Å². The minimum atomic E-state index is 0.425. The first-order chi connectivity index (χ1) is 7.65. The Hall–Kier alpha value is -1.06. The normalized spacial score (nSPS) is 10.5. The van der Waals surface area contributed by atoms with Crippen molar-refractivity contribution < 1.29 is 9.53 Å². The van der Waals surface area contributed by atoms with Gasteiger partial charge in [0.2, 0.25) is 0 Å². The van der Waals surface area contributed by atoms with Gasteiger partial charge in [-0.1, -0.05) is 17.7 Å². The topological polar surface area (TPSA) is 29.5 Å². The minimum absolute atomic E-state index is 0.425. The van der Waals surface area contributed by atoms with E-state index in [4.69, 9.17) is 16.3 Å². The van der Waals surface area contributed by atoms with E-state index in [9.17, 15) is 4.79 Å². The SMILES string of the molecule is CN(C)CCCOc1cccc(Cl)c1C=O. The number of hydrogen-bond acceptors (Lipinski definition) is 3. The fraction of sp³-hybridized carbons (Fsp3) is 0.417. The first kappa shape index (κ1) is 13.0. The van der Waals surface area contributed by atoms with Gasteiger partial charge >= 0.3 is 0 Å². The second-order valence-electron chi connectivity index (χ2n) is 3.77. The quantitative estimate of drug-likeness (QED) is 0.566. The molecule has 0 saturated heterocycles. The Morgan fingerprint density at radius 2 is 2.19 bits per heavy atom. The molecule has 16 heavy (non-hydrogen) atoms. The monoisotopic (exact) mass is 241 g/mol. The number of carbonyl (C=O) groups excluding carboxylic acids is 1. The molecular weight excluding hydrogens is 226 g/mol. The van der Waals surface area contributed by atoms with Gasteiger partial charge in [0.05, 0.1) is 17.2 Å². The molecule has 0 aliphatic carbocycles. The Morgan fingerprint density at radius 3 is 2.81 bits per heavy atom. The maximum Gasteiger partial charge on any atom is 0.155 e. The molecule has 88 valence electrons. The molecule has 0 radical (unpaired) electrons. The van der Waals surface area contributed by atoms with E-state index in [1.165, 1.54) is 0 Å². The summed E-state index contributed by atoms with van der Waals surface area (Å²) >= 11 is 5.87. The summed E-state index contributed by atoms with van der Waals surface area (Å²) in [5, 5.41) is 0.431. The molecule has 0 atom stereocenters. The van der Waals surface area contributed by atoms with Crippen LogP contribution in [0.15, 0.2) is 18.2 Å². The van der Waals surface area contributed by atoms with Gasteiger partial charge < -0.3 is 9.64 Å². The van der Waals surface area contributed by atoms with Crippen LogP contribution in [-0.4, -0.2) is 38.4 Å². The van der Waals surface area contributed by atoms with E-state index in [2.05, 4.69) is 4.90 Å². The van der Waals surface area contributed by atoms with Crippen molar-refractivity contribution >= 4 is 17.9 Å². The summed E-state index contributed by atoms with van der Waals surface area (Å²) in [7, 11) is 4.02. The van der Waals surface area contributed by atoms with Crippen LogP contribution >= 0.6 is 11.6 Å². The van der Waals surface area contributed by atoms with Crippen molar-refractivity contribution in [3.8, 4) is 5.75 Å². The first-order valence-corrected chi connectivity index (χ1v) is 5.54. The summed E-state index contributed by atoms with van der Waals surface area (Å²) in [5.74, 6) is 0.557. The lowest BCUT2D eigenvalue weighted by Gasteiger charge is -2.11. The van der Waals surface area contributed by atoms with Crippen LogP contribution in [0.3, 0.4) is 0 Å². The highest BCUT2D eigenvalue weighted by atomic mass is 35.5. The second-order valence-corrected chi connectivity index (χ2v) is 4.18. The smallest absolute Gasteiger partial charge is 0.155 e. The zero-order valence-corrected chi connectivity index (χ0v) is 10.3. The van der Waals surface area contributed by atoms with E-state index in [0.717, 1.165) is 19.3 Å². The largest absolute Gasteiger partial charge is 0.493 e. The molecule has 3 nitrogen and oxygen atoms in total. The summed E-state index contributed by atoms with van der Waals surface area (Å²) in [6.07, 6.45) is 1.64. The van der Waals surface area contributed by atoms with Crippen molar-refractivity contribution in [2.24, 2.45) is 0 Å². The Morgan fingerprint density at radius 1 is 1.44 bits per heavy atom. The number of hydrogen-bond donors (Lipinski definition) is 0. The molecule has 1 aromatic rings. The number of halogens is 1. The first-order valence-electron chi connectivity index (χ1n) is 5.16. The zero-order valence-electron chi connectivity index (χ0n) is 9.57. The van der Waals surface area contributed by atoms with Crippen molar-refractivity contribution in [3.63, 3.8) is 0 Å². The predicted molar refractivity (Wildman–Crippen MR) is 65.5 cm³/mol. The van der Waals surface area contributed by atoms with Crippen molar-refractivity contribution in [2.75, 3.05) is 27.2 Å². The maximum atomic E-state index is 10.8. The van der Waals surface area contributed by atoms with Crippen molar-refractivity contribution in [3.05, 3.63) is 28.8 Å². The summed E-state index contributed by atoms with van der Waals surface area (Å²) in [5.41, 5.74) is 0.425. The fourth-order valence-corrected chi connectivity index (χ4v) is 1.53. The molecule has 0 amide bonds. The molecule has 0 aliphatic heterocycles.